The first-order chi connectivity index (χ1) is 29.4. The summed E-state index contributed by atoms with van der Waals surface area (Å²) < 4.78 is 94.4. The third-order valence-corrected chi connectivity index (χ3v) is 11.8. The van der Waals surface area contributed by atoms with Gasteiger partial charge in [-0.15, -0.1) is 0 Å². The number of aryl methyl sites for hydroxylation is 4. The lowest BCUT2D eigenvalue weighted by atomic mass is 10.2. The molecule has 0 bridgehead atoms. The van der Waals surface area contributed by atoms with E-state index in [0.29, 0.717) is 34.1 Å². The second-order valence-corrected chi connectivity index (χ2v) is 18.4. The maximum absolute atomic E-state index is 13.3. The van der Waals surface area contributed by atoms with E-state index in [-0.39, 0.29) is 73.9 Å². The highest BCUT2D eigenvalue weighted by Crippen LogP contribution is 2.34. The van der Waals surface area contributed by atoms with Gasteiger partial charge in [-0.2, -0.15) is 0 Å². The molecule has 0 radical (unpaired) electrons. The van der Waals surface area contributed by atoms with Gasteiger partial charge in [0.05, 0.1) is 24.0 Å². The smallest absolute Gasteiger partial charge is 0.417 e. The Bertz CT molecular complexity index is 2210. The summed E-state index contributed by atoms with van der Waals surface area (Å²) in [4.78, 5) is 26.8. The van der Waals surface area contributed by atoms with E-state index >= 15 is 0 Å². The summed E-state index contributed by atoms with van der Waals surface area (Å²) >= 11 is 0. The summed E-state index contributed by atoms with van der Waals surface area (Å²) in [5.41, 5.74) is 2.73. The number of nitrogens with one attached hydrogen (secondary N) is 2. The van der Waals surface area contributed by atoms with Crippen LogP contribution in [0.15, 0.2) is 82.6 Å². The third-order valence-electron chi connectivity index (χ3n) is 9.29. The lowest BCUT2D eigenvalue weighted by Gasteiger charge is -2.22. The monoisotopic (exact) mass is 900 g/mol. The zero-order chi connectivity index (χ0) is 45.5. The molecule has 0 aromatic heterocycles. The van der Waals surface area contributed by atoms with Crippen molar-refractivity contribution in [1.29, 1.82) is 0 Å². The molecule has 0 aliphatic rings. The summed E-state index contributed by atoms with van der Waals surface area (Å²) in [7, 11) is -4.12. The predicted octanol–water partition coefficient (Wildman–Crippen LogP) is 4.36. The van der Waals surface area contributed by atoms with E-state index in [1.54, 1.807) is 38.1 Å². The lowest BCUT2D eigenvalue weighted by molar-refractivity contribution is -0.175. The van der Waals surface area contributed by atoms with Gasteiger partial charge in [0, 0.05) is 50.8 Å². The fraction of sp³-hybridized carbons (Fsp3) is 0.409. The molecule has 0 fully saturated rings. The molecule has 4 aromatic carbocycles. The van der Waals surface area contributed by atoms with E-state index in [9.17, 15) is 26.4 Å². The average molecular weight is 901 g/mol. The molecule has 18 heteroatoms. The number of para-hydroxylation sites is 2. The van der Waals surface area contributed by atoms with Gasteiger partial charge in [-0.1, -0.05) is 36.4 Å². The average Bonchev–Trinajstić information content (AvgIpc) is 3.21. The molecule has 338 valence electrons. The number of ether oxygens (including phenoxy) is 8. The van der Waals surface area contributed by atoms with Gasteiger partial charge in [-0.3, -0.25) is 0 Å². The van der Waals surface area contributed by atoms with Gasteiger partial charge in [0.25, 0.3) is 0 Å². The highest BCUT2D eigenvalue weighted by Gasteiger charge is 2.27. The molecule has 4 rings (SSSR count). The summed E-state index contributed by atoms with van der Waals surface area (Å²) in [6.07, 6.45) is 0.359. The number of hydrogen-bond acceptors (Lipinski definition) is 16. The molecule has 0 spiro atoms. The van der Waals surface area contributed by atoms with Crippen molar-refractivity contribution in [3.8, 4) is 34.5 Å². The van der Waals surface area contributed by atoms with Crippen LogP contribution in [0.3, 0.4) is 0 Å². The van der Waals surface area contributed by atoms with Crippen molar-refractivity contribution in [2.45, 2.75) is 49.7 Å². The summed E-state index contributed by atoms with van der Waals surface area (Å²) in [5.74, 6) is -0.111. The molecule has 2 N–H and O–H groups in total. The molecule has 0 aliphatic carbocycles. The maximum Gasteiger partial charge on any atom is 0.417 e. The number of carbonyl (C=O) groups excluding carboxylic acids is 2. The Morgan fingerprint density at radius 3 is 1.23 bits per heavy atom. The van der Waals surface area contributed by atoms with Crippen molar-refractivity contribution in [2.24, 2.45) is 0 Å². The first-order valence-corrected chi connectivity index (χ1v) is 23.4. The maximum atomic E-state index is 13.3. The van der Waals surface area contributed by atoms with Crippen LogP contribution in [-0.4, -0.2) is 120 Å². The molecule has 16 nitrogen and oxygen atoms in total. The highest BCUT2D eigenvalue weighted by atomic mass is 32.2. The highest BCUT2D eigenvalue weighted by molar-refractivity contribution is 7.91. The van der Waals surface area contributed by atoms with Gasteiger partial charge in [-0.05, 0) is 74.2 Å². The van der Waals surface area contributed by atoms with Crippen LogP contribution >= 0.6 is 0 Å². The van der Waals surface area contributed by atoms with Gasteiger partial charge in [0.15, 0.2) is 42.7 Å². The Labute approximate surface area is 363 Å². The molecule has 0 amide bonds. The minimum atomic E-state index is -3.48. The van der Waals surface area contributed by atoms with E-state index in [1.807, 2.05) is 50.2 Å². The second-order valence-electron chi connectivity index (χ2n) is 14.4. The first kappa shape index (κ1) is 49.1. The second kappa shape index (κ2) is 23.0. The quantitative estimate of drug-likeness (QED) is 0.0571. The van der Waals surface area contributed by atoms with E-state index in [1.165, 1.54) is 26.4 Å². The summed E-state index contributed by atoms with van der Waals surface area (Å²) in [6, 6.07) is 20.7. The Morgan fingerprint density at radius 1 is 0.516 bits per heavy atom. The number of esters is 2. The van der Waals surface area contributed by atoms with E-state index < -0.39 is 43.8 Å². The van der Waals surface area contributed by atoms with Crippen LogP contribution in [0.5, 0.6) is 34.5 Å². The van der Waals surface area contributed by atoms with Crippen LogP contribution in [0.1, 0.15) is 22.3 Å². The van der Waals surface area contributed by atoms with Gasteiger partial charge in [0.2, 0.25) is 0 Å². The molecule has 2 unspecified atom stereocenters. The van der Waals surface area contributed by atoms with Crippen molar-refractivity contribution >= 4 is 31.6 Å². The Balaban J connectivity index is 1.38. The van der Waals surface area contributed by atoms with Gasteiger partial charge < -0.3 is 48.5 Å². The van der Waals surface area contributed by atoms with Crippen molar-refractivity contribution in [3.05, 3.63) is 95.1 Å². The van der Waals surface area contributed by atoms with Crippen molar-refractivity contribution in [3.63, 3.8) is 0 Å². The van der Waals surface area contributed by atoms with Crippen LogP contribution in [-0.2, 0) is 38.7 Å². The van der Waals surface area contributed by atoms with E-state index in [2.05, 4.69) is 10.6 Å². The normalized spacial score (nSPS) is 12.5. The van der Waals surface area contributed by atoms with Crippen LogP contribution in [0.25, 0.3) is 0 Å². The summed E-state index contributed by atoms with van der Waals surface area (Å²) in [6.45, 7) is 7.83. The van der Waals surface area contributed by atoms with Crippen LogP contribution < -0.4 is 39.1 Å². The molecular formula is C44H56N2O14S2. The summed E-state index contributed by atoms with van der Waals surface area (Å²) in [5, 5.41) is 6.29. The standard InChI is InChI=1S/C44H56N2O14S2/c1-29-13-9-11-15-35(29)57-27-33(25-45-17-19-55-39-21-31(3)41(61(7,49)50)23-37(39)53-5)59-43(47)44(48)60-34(28-58-36-16-12-10-14-30(36)2)26-46-18-20-56-40-22-32(4)42(62(8,51)52)24-38(40)54-6/h9-16,21-24,33-34,45-46H,17-20,25-28H2,1-8H3. The largest absolute Gasteiger partial charge is 0.493 e. The molecular weight excluding hydrogens is 845 g/mol. The zero-order valence-corrected chi connectivity index (χ0v) is 37.9. The molecule has 62 heavy (non-hydrogen) atoms. The minimum absolute atomic E-state index is 0.0696. The van der Waals surface area contributed by atoms with Gasteiger partial charge in [0.1, 0.15) is 50.1 Å². The Morgan fingerprint density at radius 2 is 0.887 bits per heavy atom. The fourth-order valence-corrected chi connectivity index (χ4v) is 8.02. The van der Waals surface area contributed by atoms with Crippen LogP contribution in [0, 0.1) is 27.7 Å². The predicted molar refractivity (Wildman–Crippen MR) is 232 cm³/mol. The number of methoxy groups -OCH3 is 2. The number of carbonyl (C=O) groups is 2. The minimum Gasteiger partial charge on any atom is -0.493 e. The number of hydrogen-bond donors (Lipinski definition) is 2. The third kappa shape index (κ3) is 14.8. The van der Waals surface area contributed by atoms with Gasteiger partial charge in [-0.25, -0.2) is 26.4 Å². The fourth-order valence-electron chi connectivity index (χ4n) is 6.09. The zero-order valence-electron chi connectivity index (χ0n) is 36.3. The molecule has 2 atom stereocenters. The number of benzene rings is 4. The molecule has 4 aromatic rings. The number of rotatable bonds is 24. The molecule has 0 aliphatic heterocycles. The topological polar surface area (TPSA) is 200 Å². The van der Waals surface area contributed by atoms with Crippen LogP contribution in [0.2, 0.25) is 0 Å². The van der Waals surface area contributed by atoms with Crippen LogP contribution in [0.4, 0.5) is 0 Å². The molecule has 0 saturated carbocycles. The Kier molecular flexibility index (Phi) is 18.2. The molecule has 0 saturated heterocycles. The van der Waals surface area contributed by atoms with E-state index in [4.69, 9.17) is 37.9 Å². The lowest BCUT2D eigenvalue weighted by Crippen LogP contribution is -2.42. The SMILES string of the molecule is COc1cc(S(C)(=O)=O)c(C)cc1OCCNCC(COc1ccccc1C)OC(=O)C(=O)OC(CNCCOc1cc(C)c(S(C)(=O)=O)cc1OC)COc1ccccc1C. The number of sulfone groups is 2. The van der Waals surface area contributed by atoms with E-state index in [0.717, 1.165) is 23.6 Å². The molecule has 0 heterocycles. The van der Waals surface area contributed by atoms with Crippen molar-refractivity contribution in [1.82, 2.24) is 10.6 Å². The first-order valence-electron chi connectivity index (χ1n) is 19.6. The van der Waals surface area contributed by atoms with Gasteiger partial charge >= 0.3 is 11.9 Å². The van der Waals surface area contributed by atoms with Crippen molar-refractivity contribution in [2.75, 3.05) is 79.3 Å². The van der Waals surface area contributed by atoms with Crippen molar-refractivity contribution < 1.29 is 64.3 Å². The Hall–Kier alpha value is -5.56.